The lowest BCUT2D eigenvalue weighted by atomic mass is 10.1. The summed E-state index contributed by atoms with van der Waals surface area (Å²) in [5.74, 6) is 1.93. The highest BCUT2D eigenvalue weighted by atomic mass is 32.1. The predicted octanol–water partition coefficient (Wildman–Crippen LogP) is 3.87. The van der Waals surface area contributed by atoms with Crippen LogP contribution in [0.25, 0.3) is 21.5 Å². The van der Waals surface area contributed by atoms with E-state index in [0.29, 0.717) is 20.8 Å². The zero-order chi connectivity index (χ0) is 18.8. The number of amides is 1. The van der Waals surface area contributed by atoms with Crippen LogP contribution in [0.4, 0.5) is 4.39 Å². The Morgan fingerprint density at radius 2 is 2.07 bits per heavy atom. The van der Waals surface area contributed by atoms with Crippen LogP contribution in [-0.2, 0) is 6.54 Å². The van der Waals surface area contributed by atoms with Crippen molar-refractivity contribution in [3.8, 4) is 23.7 Å². The Morgan fingerprint density at radius 3 is 2.85 bits per heavy atom. The minimum atomic E-state index is -0.585. The molecule has 0 bridgehead atoms. The fraction of sp³-hybridized carbons (Fsp3) is 0.0500. The fourth-order valence-electron chi connectivity index (χ4n) is 2.67. The molecular weight excluding hydrogens is 365 g/mol. The smallest absolute Gasteiger partial charge is 0.301 e. The number of aromatic nitrogens is 2. The summed E-state index contributed by atoms with van der Waals surface area (Å²) < 4.78 is 21.6. The molecule has 0 unspecified atom stereocenters. The van der Waals surface area contributed by atoms with E-state index in [9.17, 15) is 9.18 Å². The normalized spacial score (nSPS) is 11.6. The molecule has 0 aliphatic heterocycles. The number of nitrogens with zero attached hydrogens (tertiary/aromatic N) is 3. The molecule has 2 aromatic heterocycles. The number of hydrogen-bond donors (Lipinski definition) is 0. The van der Waals surface area contributed by atoms with Crippen molar-refractivity contribution < 1.29 is 13.7 Å². The summed E-state index contributed by atoms with van der Waals surface area (Å²) >= 11 is 1.19. The molecule has 2 aromatic carbocycles. The first-order chi connectivity index (χ1) is 13.2. The molecule has 4 rings (SSSR count). The lowest BCUT2D eigenvalue weighted by Crippen LogP contribution is -2.17. The highest BCUT2D eigenvalue weighted by molar-refractivity contribution is 7.16. The molecule has 0 aliphatic carbocycles. The summed E-state index contributed by atoms with van der Waals surface area (Å²) in [6, 6.07) is 15.5. The molecule has 0 spiro atoms. The van der Waals surface area contributed by atoms with Crippen LogP contribution in [0.1, 0.15) is 10.5 Å². The molecule has 0 aliphatic rings. The van der Waals surface area contributed by atoms with E-state index in [1.165, 1.54) is 28.0 Å². The van der Waals surface area contributed by atoms with Crippen LogP contribution in [0.5, 0.6) is 0 Å². The maximum Gasteiger partial charge on any atom is 0.301 e. The molecule has 27 heavy (non-hydrogen) atoms. The Labute approximate surface area is 157 Å². The zero-order valence-electron chi connectivity index (χ0n) is 13.9. The SMILES string of the molecule is C#CCn1c(=NC(=O)c2cc(-c3ccccc3)on2)sc2cccc(F)c21. The third-order valence-electron chi connectivity index (χ3n) is 3.89. The summed E-state index contributed by atoms with van der Waals surface area (Å²) in [5, 5.41) is 3.80. The molecule has 5 nitrogen and oxygen atoms in total. The first kappa shape index (κ1) is 16.9. The van der Waals surface area contributed by atoms with E-state index in [-0.39, 0.29) is 12.2 Å². The van der Waals surface area contributed by atoms with Crippen LogP contribution in [-0.4, -0.2) is 15.6 Å². The molecule has 0 N–H and O–H groups in total. The van der Waals surface area contributed by atoms with Crippen molar-refractivity contribution in [2.75, 3.05) is 0 Å². The fourth-order valence-corrected chi connectivity index (χ4v) is 3.71. The van der Waals surface area contributed by atoms with Gasteiger partial charge in [-0.15, -0.1) is 6.42 Å². The van der Waals surface area contributed by atoms with E-state index in [1.54, 1.807) is 12.1 Å². The monoisotopic (exact) mass is 377 g/mol. The van der Waals surface area contributed by atoms with Crippen LogP contribution in [0.15, 0.2) is 64.1 Å². The van der Waals surface area contributed by atoms with Gasteiger partial charge in [0.25, 0.3) is 0 Å². The molecular formula is C20H12FN3O2S. The van der Waals surface area contributed by atoms with Gasteiger partial charge in [0.1, 0.15) is 5.82 Å². The van der Waals surface area contributed by atoms with Gasteiger partial charge in [0, 0.05) is 11.6 Å². The van der Waals surface area contributed by atoms with E-state index in [0.717, 1.165) is 5.56 Å². The van der Waals surface area contributed by atoms with Crippen LogP contribution in [0, 0.1) is 18.2 Å². The second-order valence-electron chi connectivity index (χ2n) is 5.62. The Bertz CT molecular complexity index is 1250. The predicted molar refractivity (Wildman–Crippen MR) is 100 cm³/mol. The van der Waals surface area contributed by atoms with Gasteiger partial charge in [-0.05, 0) is 12.1 Å². The number of hydrogen-bond acceptors (Lipinski definition) is 4. The molecule has 1 amide bonds. The summed E-state index contributed by atoms with van der Waals surface area (Å²) in [4.78, 5) is 16.9. The van der Waals surface area contributed by atoms with Gasteiger partial charge in [-0.3, -0.25) is 4.79 Å². The minimum absolute atomic E-state index is 0.0686. The standard InChI is InChI=1S/C20H12FN3O2S/c1-2-11-24-18-14(21)9-6-10-17(18)27-20(24)22-19(25)15-12-16(26-23-15)13-7-4-3-5-8-13/h1,3-10,12H,11H2. The number of para-hydroxylation sites is 1. The van der Waals surface area contributed by atoms with Gasteiger partial charge in [0.15, 0.2) is 16.3 Å². The Morgan fingerprint density at radius 1 is 1.26 bits per heavy atom. The molecule has 0 saturated carbocycles. The molecule has 0 saturated heterocycles. The summed E-state index contributed by atoms with van der Waals surface area (Å²) in [6.45, 7) is 0.0983. The molecule has 0 radical (unpaired) electrons. The summed E-state index contributed by atoms with van der Waals surface area (Å²) in [6.07, 6.45) is 5.40. The molecule has 0 atom stereocenters. The number of fused-ring (bicyclic) bond motifs is 1. The molecule has 4 aromatic rings. The second-order valence-corrected chi connectivity index (χ2v) is 6.63. The lowest BCUT2D eigenvalue weighted by molar-refractivity contribution is 0.0989. The van der Waals surface area contributed by atoms with Gasteiger partial charge in [-0.1, -0.05) is 58.8 Å². The van der Waals surface area contributed by atoms with Gasteiger partial charge >= 0.3 is 5.91 Å². The van der Waals surface area contributed by atoms with Gasteiger partial charge in [0.2, 0.25) is 0 Å². The average Bonchev–Trinajstić information content (AvgIpc) is 3.29. The third kappa shape index (κ3) is 3.18. The van der Waals surface area contributed by atoms with Crippen molar-refractivity contribution in [1.29, 1.82) is 0 Å². The van der Waals surface area contributed by atoms with E-state index in [2.05, 4.69) is 16.1 Å². The molecule has 2 heterocycles. The van der Waals surface area contributed by atoms with Gasteiger partial charge < -0.3 is 9.09 Å². The van der Waals surface area contributed by atoms with E-state index >= 15 is 0 Å². The third-order valence-corrected chi connectivity index (χ3v) is 4.93. The highest BCUT2D eigenvalue weighted by Crippen LogP contribution is 2.22. The van der Waals surface area contributed by atoms with Crippen LogP contribution >= 0.6 is 11.3 Å². The first-order valence-electron chi connectivity index (χ1n) is 8.00. The summed E-state index contributed by atoms with van der Waals surface area (Å²) in [5.41, 5.74) is 1.20. The molecule has 0 fully saturated rings. The minimum Gasteiger partial charge on any atom is -0.355 e. The Kier molecular flexibility index (Phi) is 4.40. The Balaban J connectivity index is 1.77. The van der Waals surface area contributed by atoms with Gasteiger partial charge in [0.05, 0.1) is 16.8 Å². The Hall–Kier alpha value is -3.50. The van der Waals surface area contributed by atoms with Crippen molar-refractivity contribution in [2.24, 2.45) is 4.99 Å². The number of thiazole rings is 1. The highest BCUT2D eigenvalue weighted by Gasteiger charge is 2.15. The van der Waals surface area contributed by atoms with Crippen LogP contribution < -0.4 is 4.80 Å². The van der Waals surface area contributed by atoms with E-state index < -0.39 is 11.7 Å². The van der Waals surface area contributed by atoms with Crippen molar-refractivity contribution in [3.63, 3.8) is 0 Å². The van der Waals surface area contributed by atoms with Crippen molar-refractivity contribution >= 4 is 27.5 Å². The first-order valence-corrected chi connectivity index (χ1v) is 8.81. The van der Waals surface area contributed by atoms with Crippen molar-refractivity contribution in [2.45, 2.75) is 6.54 Å². The lowest BCUT2D eigenvalue weighted by Gasteiger charge is -2.00. The molecule has 132 valence electrons. The van der Waals surface area contributed by atoms with Crippen molar-refractivity contribution in [3.05, 3.63) is 70.9 Å². The largest absolute Gasteiger partial charge is 0.355 e. The van der Waals surface area contributed by atoms with Crippen LogP contribution in [0.3, 0.4) is 0 Å². The number of rotatable bonds is 3. The number of carbonyl (C=O) groups is 1. The second kappa shape index (κ2) is 7.02. The number of carbonyl (C=O) groups excluding carboxylic acids is 1. The van der Waals surface area contributed by atoms with Gasteiger partial charge in [-0.25, -0.2) is 4.39 Å². The van der Waals surface area contributed by atoms with Gasteiger partial charge in [-0.2, -0.15) is 4.99 Å². The molecule has 7 heteroatoms. The number of benzene rings is 2. The van der Waals surface area contributed by atoms with Crippen molar-refractivity contribution in [1.82, 2.24) is 9.72 Å². The quantitative estimate of drug-likeness (QED) is 0.509. The topological polar surface area (TPSA) is 60.4 Å². The zero-order valence-corrected chi connectivity index (χ0v) is 14.7. The van der Waals surface area contributed by atoms with E-state index in [4.69, 9.17) is 10.9 Å². The van der Waals surface area contributed by atoms with Crippen LogP contribution in [0.2, 0.25) is 0 Å². The van der Waals surface area contributed by atoms with E-state index in [1.807, 2.05) is 30.3 Å². The summed E-state index contributed by atoms with van der Waals surface area (Å²) in [7, 11) is 0. The number of terminal acetylenes is 1. The maximum atomic E-state index is 14.2. The number of halogens is 1. The average molecular weight is 377 g/mol. The maximum absolute atomic E-state index is 14.2.